The maximum Gasteiger partial charge on any atom is 0.268 e. The SMILES string of the molecule is O=C(NCc1ccccc1OCCO)c1cc2c(F)cccc2[nH]1. The number of aliphatic hydroxyl groups excluding tert-OH is 1. The third-order valence-electron chi connectivity index (χ3n) is 3.62. The number of hydrogen-bond acceptors (Lipinski definition) is 3. The molecule has 6 heteroatoms. The minimum absolute atomic E-state index is 0.0820. The minimum atomic E-state index is -0.370. The van der Waals surface area contributed by atoms with Crippen LogP contribution in [0, 0.1) is 5.82 Å². The van der Waals surface area contributed by atoms with E-state index in [1.165, 1.54) is 12.1 Å². The lowest BCUT2D eigenvalue weighted by Crippen LogP contribution is -2.23. The van der Waals surface area contributed by atoms with E-state index in [4.69, 9.17) is 9.84 Å². The molecule has 3 N–H and O–H groups in total. The summed E-state index contributed by atoms with van der Waals surface area (Å²) >= 11 is 0. The summed E-state index contributed by atoms with van der Waals surface area (Å²) in [5.41, 5.74) is 1.66. The molecule has 2 aromatic carbocycles. The Morgan fingerprint density at radius 3 is 2.83 bits per heavy atom. The van der Waals surface area contributed by atoms with Gasteiger partial charge in [0.1, 0.15) is 23.9 Å². The zero-order valence-electron chi connectivity index (χ0n) is 12.9. The van der Waals surface area contributed by atoms with Crippen molar-refractivity contribution in [2.75, 3.05) is 13.2 Å². The third kappa shape index (κ3) is 3.38. The number of aromatic nitrogens is 1. The number of para-hydroxylation sites is 1. The number of nitrogens with one attached hydrogen (secondary N) is 2. The minimum Gasteiger partial charge on any atom is -0.491 e. The summed E-state index contributed by atoms with van der Waals surface area (Å²) in [4.78, 5) is 15.2. The van der Waals surface area contributed by atoms with Gasteiger partial charge < -0.3 is 20.1 Å². The molecule has 3 aromatic rings. The quantitative estimate of drug-likeness (QED) is 0.651. The van der Waals surface area contributed by atoms with E-state index in [9.17, 15) is 9.18 Å². The molecular weight excluding hydrogens is 311 g/mol. The van der Waals surface area contributed by atoms with E-state index < -0.39 is 0 Å². The van der Waals surface area contributed by atoms with Crippen molar-refractivity contribution in [3.8, 4) is 5.75 Å². The van der Waals surface area contributed by atoms with Crippen LogP contribution in [0.4, 0.5) is 4.39 Å². The van der Waals surface area contributed by atoms with Crippen molar-refractivity contribution in [3.63, 3.8) is 0 Å². The normalized spacial score (nSPS) is 10.8. The summed E-state index contributed by atoms with van der Waals surface area (Å²) in [5.74, 6) is -0.0948. The van der Waals surface area contributed by atoms with Gasteiger partial charge in [0.15, 0.2) is 0 Å². The topological polar surface area (TPSA) is 74.3 Å². The van der Waals surface area contributed by atoms with E-state index >= 15 is 0 Å². The van der Waals surface area contributed by atoms with E-state index in [0.29, 0.717) is 22.3 Å². The first-order valence-electron chi connectivity index (χ1n) is 7.56. The van der Waals surface area contributed by atoms with Gasteiger partial charge in [-0.15, -0.1) is 0 Å². The van der Waals surface area contributed by atoms with Gasteiger partial charge in [0.25, 0.3) is 5.91 Å². The zero-order chi connectivity index (χ0) is 16.9. The lowest BCUT2D eigenvalue weighted by Gasteiger charge is -2.11. The molecule has 0 saturated carbocycles. The van der Waals surface area contributed by atoms with Crippen LogP contribution in [0.5, 0.6) is 5.75 Å². The number of rotatable bonds is 6. The van der Waals surface area contributed by atoms with Crippen LogP contribution in [0.25, 0.3) is 10.9 Å². The van der Waals surface area contributed by atoms with Gasteiger partial charge in [0.05, 0.1) is 6.61 Å². The predicted molar refractivity (Wildman–Crippen MR) is 88.4 cm³/mol. The molecule has 0 spiro atoms. The molecule has 0 aliphatic rings. The molecule has 0 unspecified atom stereocenters. The molecule has 1 amide bonds. The van der Waals surface area contributed by atoms with Gasteiger partial charge in [-0.1, -0.05) is 24.3 Å². The van der Waals surface area contributed by atoms with E-state index in [0.717, 1.165) is 5.56 Å². The van der Waals surface area contributed by atoms with Crippen molar-refractivity contribution >= 4 is 16.8 Å². The van der Waals surface area contributed by atoms with E-state index in [-0.39, 0.29) is 31.5 Å². The summed E-state index contributed by atoms with van der Waals surface area (Å²) in [6.07, 6.45) is 0. The molecule has 0 fully saturated rings. The molecule has 0 aliphatic heterocycles. The lowest BCUT2D eigenvalue weighted by atomic mass is 10.2. The Balaban J connectivity index is 1.72. The van der Waals surface area contributed by atoms with Crippen molar-refractivity contribution < 1.29 is 19.0 Å². The number of aliphatic hydroxyl groups is 1. The summed E-state index contributed by atoms with van der Waals surface area (Å²) < 4.78 is 19.1. The summed E-state index contributed by atoms with van der Waals surface area (Å²) in [6, 6.07) is 13.4. The molecule has 3 rings (SSSR count). The second kappa shape index (κ2) is 7.14. The molecule has 0 atom stereocenters. The molecule has 1 aromatic heterocycles. The zero-order valence-corrected chi connectivity index (χ0v) is 12.9. The fourth-order valence-electron chi connectivity index (χ4n) is 2.46. The van der Waals surface area contributed by atoms with E-state index in [2.05, 4.69) is 10.3 Å². The molecule has 0 saturated heterocycles. The number of ether oxygens (including phenoxy) is 1. The maximum atomic E-state index is 13.7. The first-order valence-corrected chi connectivity index (χ1v) is 7.56. The molecular formula is C18H17FN2O3. The van der Waals surface area contributed by atoms with Crippen LogP contribution in [-0.4, -0.2) is 29.2 Å². The van der Waals surface area contributed by atoms with Crippen LogP contribution in [0.1, 0.15) is 16.1 Å². The molecule has 0 aliphatic carbocycles. The van der Waals surface area contributed by atoms with Gasteiger partial charge in [0.2, 0.25) is 0 Å². The van der Waals surface area contributed by atoms with Gasteiger partial charge in [0, 0.05) is 23.0 Å². The average molecular weight is 328 g/mol. The van der Waals surface area contributed by atoms with Gasteiger partial charge >= 0.3 is 0 Å². The number of hydrogen-bond donors (Lipinski definition) is 3. The number of halogens is 1. The molecule has 0 radical (unpaired) electrons. The first kappa shape index (κ1) is 16.0. The number of amides is 1. The molecule has 0 bridgehead atoms. The average Bonchev–Trinajstić information content (AvgIpc) is 3.04. The van der Waals surface area contributed by atoms with Crippen LogP contribution < -0.4 is 10.1 Å². The highest BCUT2D eigenvalue weighted by molar-refractivity contribution is 5.98. The molecule has 5 nitrogen and oxygen atoms in total. The predicted octanol–water partition coefficient (Wildman–Crippen LogP) is 2.61. The maximum absolute atomic E-state index is 13.7. The van der Waals surface area contributed by atoms with Crippen LogP contribution in [-0.2, 0) is 6.54 Å². The fraction of sp³-hybridized carbons (Fsp3) is 0.167. The van der Waals surface area contributed by atoms with Crippen LogP contribution in [0.3, 0.4) is 0 Å². The van der Waals surface area contributed by atoms with Crippen molar-refractivity contribution in [2.45, 2.75) is 6.54 Å². The smallest absolute Gasteiger partial charge is 0.268 e. The highest BCUT2D eigenvalue weighted by Gasteiger charge is 2.12. The summed E-state index contributed by atoms with van der Waals surface area (Å²) in [5, 5.41) is 12.0. The van der Waals surface area contributed by atoms with Gasteiger partial charge in [-0.2, -0.15) is 0 Å². The van der Waals surface area contributed by atoms with E-state index in [1.807, 2.05) is 18.2 Å². The Hall–Kier alpha value is -2.86. The van der Waals surface area contributed by atoms with Gasteiger partial charge in [-0.05, 0) is 24.3 Å². The Kier molecular flexibility index (Phi) is 4.77. The summed E-state index contributed by atoms with van der Waals surface area (Å²) in [7, 11) is 0. The Morgan fingerprint density at radius 1 is 1.21 bits per heavy atom. The third-order valence-corrected chi connectivity index (χ3v) is 3.62. The van der Waals surface area contributed by atoms with Gasteiger partial charge in [-0.3, -0.25) is 4.79 Å². The first-order chi connectivity index (χ1) is 11.7. The largest absolute Gasteiger partial charge is 0.491 e. The number of H-pyrrole nitrogens is 1. The van der Waals surface area contributed by atoms with Crippen LogP contribution in [0.15, 0.2) is 48.5 Å². The lowest BCUT2D eigenvalue weighted by molar-refractivity contribution is 0.0946. The second-order valence-electron chi connectivity index (χ2n) is 5.25. The van der Waals surface area contributed by atoms with Crippen LogP contribution in [0.2, 0.25) is 0 Å². The summed E-state index contributed by atoms with van der Waals surface area (Å²) in [6.45, 7) is 0.367. The highest BCUT2D eigenvalue weighted by atomic mass is 19.1. The van der Waals surface area contributed by atoms with Crippen molar-refractivity contribution in [3.05, 3.63) is 65.6 Å². The number of carbonyl (C=O) groups excluding carboxylic acids is 1. The standard InChI is InChI=1S/C18H17FN2O3/c19-14-5-3-6-15-13(14)10-16(21-15)18(23)20-11-12-4-1-2-7-17(12)24-9-8-22/h1-7,10,21-22H,8-9,11H2,(H,20,23). The Labute approximate surface area is 138 Å². The number of fused-ring (bicyclic) bond motifs is 1. The monoisotopic (exact) mass is 328 g/mol. The van der Waals surface area contributed by atoms with E-state index in [1.54, 1.807) is 18.2 Å². The highest BCUT2D eigenvalue weighted by Crippen LogP contribution is 2.20. The Bertz CT molecular complexity index is 860. The number of carbonyl (C=O) groups is 1. The van der Waals surface area contributed by atoms with Crippen molar-refractivity contribution in [2.24, 2.45) is 0 Å². The molecule has 24 heavy (non-hydrogen) atoms. The number of aromatic amines is 1. The molecule has 1 heterocycles. The van der Waals surface area contributed by atoms with Gasteiger partial charge in [-0.25, -0.2) is 4.39 Å². The van der Waals surface area contributed by atoms with Crippen LogP contribution >= 0.6 is 0 Å². The second-order valence-corrected chi connectivity index (χ2v) is 5.25. The van der Waals surface area contributed by atoms with Crippen molar-refractivity contribution in [1.82, 2.24) is 10.3 Å². The molecule has 124 valence electrons. The fourth-order valence-corrected chi connectivity index (χ4v) is 2.46. The number of benzene rings is 2. The Morgan fingerprint density at radius 2 is 2.04 bits per heavy atom. The van der Waals surface area contributed by atoms with Crippen molar-refractivity contribution in [1.29, 1.82) is 0 Å².